The van der Waals surface area contributed by atoms with Crippen LogP contribution in [0.1, 0.15) is 31.5 Å². The van der Waals surface area contributed by atoms with E-state index in [2.05, 4.69) is 22.2 Å². The molecule has 1 aliphatic rings. The zero-order valence-electron chi connectivity index (χ0n) is 14.2. The van der Waals surface area contributed by atoms with E-state index in [1.165, 1.54) is 6.07 Å². The summed E-state index contributed by atoms with van der Waals surface area (Å²) in [7, 11) is 0. The Labute approximate surface area is 140 Å². The van der Waals surface area contributed by atoms with Crippen LogP contribution in [0, 0.1) is 12.8 Å². The number of carbonyl (C=O) groups is 1. The number of benzene rings is 1. The van der Waals surface area contributed by atoms with Gasteiger partial charge in [-0.25, -0.2) is 4.98 Å². The molecule has 24 heavy (non-hydrogen) atoms. The summed E-state index contributed by atoms with van der Waals surface area (Å²) in [6.07, 6.45) is 0.848. The van der Waals surface area contributed by atoms with Crippen LogP contribution in [0.3, 0.4) is 0 Å². The molecule has 0 radical (unpaired) electrons. The second-order valence-corrected chi connectivity index (χ2v) is 6.32. The molecule has 0 bridgehead atoms. The van der Waals surface area contributed by atoms with Crippen LogP contribution in [-0.2, 0) is 11.3 Å². The average molecular weight is 326 g/mol. The Hall–Kier alpha value is -2.63. The van der Waals surface area contributed by atoms with Gasteiger partial charge < -0.3 is 10.2 Å². The lowest BCUT2D eigenvalue weighted by molar-refractivity contribution is -0.118. The molecule has 0 saturated carbocycles. The number of hydrogen-bond donors (Lipinski definition) is 2. The Morgan fingerprint density at radius 2 is 2.08 bits per heavy atom. The molecule has 2 atom stereocenters. The molecule has 0 fully saturated rings. The molecule has 6 heteroatoms. The predicted molar refractivity (Wildman–Crippen MR) is 94.1 cm³/mol. The van der Waals surface area contributed by atoms with Crippen LogP contribution in [0.4, 0.5) is 11.6 Å². The molecule has 0 aliphatic carbocycles. The fraction of sp³-hybridized carbons (Fsp3) is 0.389. The summed E-state index contributed by atoms with van der Waals surface area (Å²) in [5, 5.41) is 3.02. The molecule has 6 nitrogen and oxygen atoms in total. The van der Waals surface area contributed by atoms with Crippen molar-refractivity contribution in [1.29, 1.82) is 0 Å². The molecule has 0 spiro atoms. The standard InChI is InChI=1S/C18H22N4O2/c1-4-11(2)16-17(24)20-14-8-6-5-7-13(14)10-22(16)18-19-12(3)9-15(23)21-18/h5-9,11,16H,4,10H2,1-3H3,(H,20,24)(H,19,21,23)/t11-,16?/m0/s1. The number of nitrogens with one attached hydrogen (secondary N) is 2. The minimum Gasteiger partial charge on any atom is -0.326 e. The maximum absolute atomic E-state index is 12.9. The molecule has 1 amide bonds. The van der Waals surface area contributed by atoms with E-state index < -0.39 is 6.04 Å². The SMILES string of the molecule is CC[C@H](C)C1C(=O)Nc2ccccc2CN1c1nc(C)cc(=O)[nH]1. The lowest BCUT2D eigenvalue weighted by Gasteiger charge is -2.32. The summed E-state index contributed by atoms with van der Waals surface area (Å²) >= 11 is 0. The number of aromatic nitrogens is 2. The molecule has 3 rings (SSSR count). The normalized spacial score (nSPS) is 18.5. The number of nitrogens with zero attached hydrogens (tertiary/aromatic N) is 2. The number of aromatic amines is 1. The van der Waals surface area contributed by atoms with Gasteiger partial charge in [-0.15, -0.1) is 0 Å². The Balaban J connectivity index is 2.13. The summed E-state index contributed by atoms with van der Waals surface area (Å²) in [5.41, 5.74) is 2.24. The average Bonchev–Trinajstić information content (AvgIpc) is 2.69. The van der Waals surface area contributed by atoms with Crippen LogP contribution in [0.5, 0.6) is 0 Å². The first kappa shape index (κ1) is 16.2. The van der Waals surface area contributed by atoms with Crippen molar-refractivity contribution in [3.8, 4) is 0 Å². The largest absolute Gasteiger partial charge is 0.326 e. The van der Waals surface area contributed by atoms with Crippen molar-refractivity contribution in [2.75, 3.05) is 10.2 Å². The number of rotatable bonds is 3. The third-order valence-corrected chi connectivity index (χ3v) is 4.53. The topological polar surface area (TPSA) is 78.1 Å². The monoisotopic (exact) mass is 326 g/mol. The highest BCUT2D eigenvalue weighted by molar-refractivity contribution is 5.98. The van der Waals surface area contributed by atoms with Crippen LogP contribution in [-0.4, -0.2) is 21.9 Å². The highest BCUT2D eigenvalue weighted by atomic mass is 16.2. The van der Waals surface area contributed by atoms with Gasteiger partial charge in [0, 0.05) is 24.0 Å². The van der Waals surface area contributed by atoms with Crippen molar-refractivity contribution in [2.45, 2.75) is 39.8 Å². The molecule has 1 unspecified atom stereocenters. The summed E-state index contributed by atoms with van der Waals surface area (Å²) in [6.45, 7) is 6.39. The third kappa shape index (κ3) is 3.04. The molecule has 2 heterocycles. The van der Waals surface area contributed by atoms with Crippen LogP contribution in [0.15, 0.2) is 35.1 Å². The molecule has 2 N–H and O–H groups in total. The lowest BCUT2D eigenvalue weighted by atomic mass is 9.97. The van der Waals surface area contributed by atoms with Gasteiger partial charge in [-0.3, -0.25) is 14.6 Å². The molecule has 1 aliphatic heterocycles. The van der Waals surface area contributed by atoms with E-state index >= 15 is 0 Å². The quantitative estimate of drug-likeness (QED) is 0.908. The maximum Gasteiger partial charge on any atom is 0.252 e. The fourth-order valence-corrected chi connectivity index (χ4v) is 3.10. The number of amides is 1. The Morgan fingerprint density at radius 1 is 1.33 bits per heavy atom. The van der Waals surface area contributed by atoms with E-state index in [0.717, 1.165) is 17.7 Å². The minimum atomic E-state index is -0.396. The Kier molecular flexibility index (Phi) is 4.38. The van der Waals surface area contributed by atoms with Gasteiger partial charge in [0.1, 0.15) is 6.04 Å². The molecular formula is C18H22N4O2. The predicted octanol–water partition coefficient (Wildman–Crippen LogP) is 2.45. The van der Waals surface area contributed by atoms with Crippen molar-refractivity contribution in [3.05, 3.63) is 51.9 Å². The van der Waals surface area contributed by atoms with Crippen LogP contribution in [0.2, 0.25) is 0 Å². The van der Waals surface area contributed by atoms with Crippen molar-refractivity contribution >= 4 is 17.5 Å². The number of fused-ring (bicyclic) bond motifs is 1. The van der Waals surface area contributed by atoms with Gasteiger partial charge in [-0.05, 0) is 24.5 Å². The molecule has 126 valence electrons. The van der Waals surface area contributed by atoms with Gasteiger partial charge in [-0.1, -0.05) is 38.5 Å². The number of hydrogen-bond acceptors (Lipinski definition) is 4. The van der Waals surface area contributed by atoms with Gasteiger partial charge in [0.2, 0.25) is 11.9 Å². The number of aryl methyl sites for hydroxylation is 1. The van der Waals surface area contributed by atoms with E-state index in [-0.39, 0.29) is 17.4 Å². The lowest BCUT2D eigenvalue weighted by Crippen LogP contribution is -2.47. The summed E-state index contributed by atoms with van der Waals surface area (Å²) in [5.74, 6) is 0.487. The summed E-state index contributed by atoms with van der Waals surface area (Å²) in [6, 6.07) is 8.78. The van der Waals surface area contributed by atoms with Crippen LogP contribution < -0.4 is 15.8 Å². The number of H-pyrrole nitrogens is 1. The van der Waals surface area contributed by atoms with Crippen molar-refractivity contribution in [1.82, 2.24) is 9.97 Å². The molecule has 1 aromatic heterocycles. The van der Waals surface area contributed by atoms with Crippen molar-refractivity contribution < 1.29 is 4.79 Å². The molecule has 0 saturated heterocycles. The van der Waals surface area contributed by atoms with E-state index in [0.29, 0.717) is 18.2 Å². The fourth-order valence-electron chi connectivity index (χ4n) is 3.10. The van der Waals surface area contributed by atoms with E-state index in [4.69, 9.17) is 0 Å². The van der Waals surface area contributed by atoms with E-state index in [1.54, 1.807) is 6.92 Å². The first-order chi connectivity index (χ1) is 11.5. The van der Waals surface area contributed by atoms with Gasteiger partial charge in [0.05, 0.1) is 0 Å². The Morgan fingerprint density at radius 3 is 2.79 bits per heavy atom. The smallest absolute Gasteiger partial charge is 0.252 e. The first-order valence-corrected chi connectivity index (χ1v) is 8.23. The van der Waals surface area contributed by atoms with Gasteiger partial charge in [0.25, 0.3) is 5.56 Å². The Bertz CT molecular complexity index is 815. The maximum atomic E-state index is 12.9. The van der Waals surface area contributed by atoms with E-state index in [1.807, 2.05) is 36.1 Å². The molecule has 1 aromatic carbocycles. The van der Waals surface area contributed by atoms with Gasteiger partial charge in [-0.2, -0.15) is 0 Å². The number of carbonyl (C=O) groups excluding carboxylic acids is 1. The highest BCUT2D eigenvalue weighted by Gasteiger charge is 2.35. The van der Waals surface area contributed by atoms with E-state index in [9.17, 15) is 9.59 Å². The number of anilines is 2. The third-order valence-electron chi connectivity index (χ3n) is 4.53. The minimum absolute atomic E-state index is 0.0709. The highest BCUT2D eigenvalue weighted by Crippen LogP contribution is 2.29. The molecule has 2 aromatic rings. The van der Waals surface area contributed by atoms with Gasteiger partial charge >= 0.3 is 0 Å². The summed E-state index contributed by atoms with van der Waals surface area (Å²) < 4.78 is 0. The second kappa shape index (κ2) is 6.47. The van der Waals surface area contributed by atoms with Crippen molar-refractivity contribution in [3.63, 3.8) is 0 Å². The molecular weight excluding hydrogens is 304 g/mol. The zero-order chi connectivity index (χ0) is 17.3. The first-order valence-electron chi connectivity index (χ1n) is 8.23. The summed E-state index contributed by atoms with van der Waals surface area (Å²) in [4.78, 5) is 33.9. The van der Waals surface area contributed by atoms with Crippen LogP contribution >= 0.6 is 0 Å². The van der Waals surface area contributed by atoms with Crippen molar-refractivity contribution in [2.24, 2.45) is 5.92 Å². The van der Waals surface area contributed by atoms with Crippen LogP contribution in [0.25, 0.3) is 0 Å². The second-order valence-electron chi connectivity index (χ2n) is 6.32. The van der Waals surface area contributed by atoms with Gasteiger partial charge in [0.15, 0.2) is 0 Å². The zero-order valence-corrected chi connectivity index (χ0v) is 14.2. The number of para-hydroxylation sites is 1.